The minimum absolute atomic E-state index is 0.405. The van der Waals surface area contributed by atoms with Crippen molar-refractivity contribution < 1.29 is 22.7 Å². The van der Waals surface area contributed by atoms with Crippen molar-refractivity contribution >= 4 is 27.3 Å². The average Bonchev–Trinajstić information content (AvgIpc) is 2.73. The Hall–Kier alpha value is -3.07. The predicted octanol–water partition coefficient (Wildman–Crippen LogP) is 2.79. The van der Waals surface area contributed by atoms with Gasteiger partial charge in [-0.25, -0.2) is 13.8 Å². The standard InChI is InChI=1S/C21H27N3O5S/c1-6-18(16-12-13-19(28-3)20(14-16)29-4)22-23-21(25)15(2)24(30(5,26)27)17-10-8-7-9-11-17/h7-15H,6H2,1-5H3,(H,23,25)/b22-18-/t15-/m0/s1. The first-order chi connectivity index (χ1) is 14.2. The topological polar surface area (TPSA) is 97.3 Å². The molecule has 162 valence electrons. The normalized spacial score (nSPS) is 12.8. The van der Waals surface area contributed by atoms with Gasteiger partial charge in [-0.15, -0.1) is 0 Å². The number of hydrogen-bond acceptors (Lipinski definition) is 6. The van der Waals surface area contributed by atoms with Gasteiger partial charge >= 0.3 is 0 Å². The highest BCUT2D eigenvalue weighted by molar-refractivity contribution is 7.92. The van der Waals surface area contributed by atoms with E-state index in [0.29, 0.717) is 29.3 Å². The third-order valence-electron chi connectivity index (χ3n) is 4.45. The van der Waals surface area contributed by atoms with Crippen molar-refractivity contribution in [2.24, 2.45) is 5.10 Å². The quantitative estimate of drug-likeness (QED) is 0.484. The van der Waals surface area contributed by atoms with Gasteiger partial charge in [-0.3, -0.25) is 9.10 Å². The van der Waals surface area contributed by atoms with Gasteiger partial charge in [0.2, 0.25) is 10.0 Å². The van der Waals surface area contributed by atoms with Gasteiger partial charge in [-0.05, 0) is 43.7 Å². The molecule has 0 radical (unpaired) electrons. The van der Waals surface area contributed by atoms with Crippen LogP contribution in [0.15, 0.2) is 53.6 Å². The van der Waals surface area contributed by atoms with E-state index in [-0.39, 0.29) is 0 Å². The van der Waals surface area contributed by atoms with E-state index in [9.17, 15) is 13.2 Å². The Morgan fingerprint density at radius 1 is 1.10 bits per heavy atom. The van der Waals surface area contributed by atoms with Crippen molar-refractivity contribution in [3.05, 3.63) is 54.1 Å². The second kappa shape index (κ2) is 10.1. The molecule has 1 N–H and O–H groups in total. The number of nitrogens with one attached hydrogen (secondary N) is 1. The fraction of sp³-hybridized carbons (Fsp3) is 0.333. The number of carbonyl (C=O) groups excluding carboxylic acids is 1. The largest absolute Gasteiger partial charge is 0.493 e. The van der Waals surface area contributed by atoms with Crippen LogP contribution in [0.3, 0.4) is 0 Å². The molecule has 0 aliphatic carbocycles. The number of nitrogens with zero attached hydrogens (tertiary/aromatic N) is 2. The maximum atomic E-state index is 12.7. The third-order valence-corrected chi connectivity index (χ3v) is 5.69. The Bertz CT molecular complexity index is 1010. The minimum atomic E-state index is -3.68. The number of benzene rings is 2. The highest BCUT2D eigenvalue weighted by atomic mass is 32.2. The molecule has 30 heavy (non-hydrogen) atoms. The molecule has 0 spiro atoms. The molecule has 2 aromatic rings. The molecule has 0 unspecified atom stereocenters. The van der Waals surface area contributed by atoms with E-state index in [2.05, 4.69) is 10.5 Å². The van der Waals surface area contributed by atoms with Crippen LogP contribution in [0.4, 0.5) is 5.69 Å². The van der Waals surface area contributed by atoms with Gasteiger partial charge in [0.25, 0.3) is 5.91 Å². The lowest BCUT2D eigenvalue weighted by Crippen LogP contribution is -2.46. The van der Waals surface area contributed by atoms with E-state index in [1.807, 2.05) is 13.0 Å². The first-order valence-electron chi connectivity index (χ1n) is 9.36. The number of methoxy groups -OCH3 is 2. The fourth-order valence-corrected chi connectivity index (χ4v) is 4.14. The van der Waals surface area contributed by atoms with Crippen molar-refractivity contribution in [1.29, 1.82) is 0 Å². The Kier molecular flexibility index (Phi) is 7.82. The number of hydrogen-bond donors (Lipinski definition) is 1. The summed E-state index contributed by atoms with van der Waals surface area (Å²) in [7, 11) is -0.593. The summed E-state index contributed by atoms with van der Waals surface area (Å²) in [4.78, 5) is 12.7. The molecule has 0 aromatic heterocycles. The van der Waals surface area contributed by atoms with Crippen LogP contribution in [0.2, 0.25) is 0 Å². The van der Waals surface area contributed by atoms with Crippen LogP contribution < -0.4 is 19.2 Å². The molecule has 0 aliphatic rings. The van der Waals surface area contributed by atoms with Gasteiger partial charge < -0.3 is 9.47 Å². The van der Waals surface area contributed by atoms with Crippen LogP contribution in [0.1, 0.15) is 25.8 Å². The summed E-state index contributed by atoms with van der Waals surface area (Å²) >= 11 is 0. The van der Waals surface area contributed by atoms with Crippen molar-refractivity contribution in [3.63, 3.8) is 0 Å². The van der Waals surface area contributed by atoms with Crippen molar-refractivity contribution in [3.8, 4) is 11.5 Å². The molecule has 1 amide bonds. The zero-order chi connectivity index (χ0) is 22.3. The van der Waals surface area contributed by atoms with Gasteiger partial charge in [-0.1, -0.05) is 25.1 Å². The number of sulfonamides is 1. The Morgan fingerprint density at radius 2 is 1.73 bits per heavy atom. The maximum absolute atomic E-state index is 12.7. The molecule has 1 atom stereocenters. The highest BCUT2D eigenvalue weighted by Crippen LogP contribution is 2.28. The molecule has 0 saturated carbocycles. The second-order valence-electron chi connectivity index (χ2n) is 6.53. The molecule has 9 heteroatoms. The molecular formula is C21H27N3O5S. The zero-order valence-corrected chi connectivity index (χ0v) is 18.6. The molecule has 2 rings (SSSR count). The summed E-state index contributed by atoms with van der Waals surface area (Å²) in [5.74, 6) is 0.583. The van der Waals surface area contributed by atoms with Crippen LogP contribution >= 0.6 is 0 Å². The van der Waals surface area contributed by atoms with Crippen LogP contribution in [0, 0.1) is 0 Å². The lowest BCUT2D eigenvalue weighted by molar-refractivity contribution is -0.121. The first kappa shape index (κ1) is 23.2. The molecule has 0 bridgehead atoms. The van der Waals surface area contributed by atoms with E-state index in [1.54, 1.807) is 49.6 Å². The van der Waals surface area contributed by atoms with E-state index in [4.69, 9.17) is 9.47 Å². The minimum Gasteiger partial charge on any atom is -0.493 e. The molecular weight excluding hydrogens is 406 g/mol. The SMILES string of the molecule is CC/C(=N/NC(=O)[C@H](C)N(c1ccccc1)S(C)(=O)=O)c1ccc(OC)c(OC)c1. The van der Waals surface area contributed by atoms with Crippen LogP contribution in [-0.4, -0.2) is 46.6 Å². The summed E-state index contributed by atoms with van der Waals surface area (Å²) in [6, 6.07) is 12.8. The van der Waals surface area contributed by atoms with Crippen molar-refractivity contribution in [2.75, 3.05) is 24.8 Å². The summed E-state index contributed by atoms with van der Waals surface area (Å²) < 4.78 is 36.2. The number of rotatable bonds is 9. The molecule has 0 saturated heterocycles. The number of anilines is 1. The van der Waals surface area contributed by atoms with Crippen molar-refractivity contribution in [1.82, 2.24) is 5.43 Å². The smallest absolute Gasteiger partial charge is 0.263 e. The van der Waals surface area contributed by atoms with Crippen LogP contribution in [-0.2, 0) is 14.8 Å². The average molecular weight is 434 g/mol. The van der Waals surface area contributed by atoms with Crippen LogP contribution in [0.5, 0.6) is 11.5 Å². The Labute approximate surface area is 177 Å². The van der Waals surface area contributed by atoms with Crippen molar-refractivity contribution in [2.45, 2.75) is 26.3 Å². The number of hydrazone groups is 1. The number of amides is 1. The van der Waals surface area contributed by atoms with E-state index in [1.165, 1.54) is 14.0 Å². The van der Waals surface area contributed by atoms with E-state index in [0.717, 1.165) is 16.1 Å². The number of carbonyl (C=O) groups is 1. The lowest BCUT2D eigenvalue weighted by Gasteiger charge is -2.27. The van der Waals surface area contributed by atoms with E-state index < -0.39 is 22.0 Å². The van der Waals surface area contributed by atoms with Gasteiger partial charge in [0.1, 0.15) is 6.04 Å². The van der Waals surface area contributed by atoms with Gasteiger partial charge in [-0.2, -0.15) is 5.10 Å². The van der Waals surface area contributed by atoms with Crippen LogP contribution in [0.25, 0.3) is 0 Å². The third kappa shape index (κ3) is 5.50. The monoisotopic (exact) mass is 433 g/mol. The molecule has 0 aliphatic heterocycles. The van der Waals surface area contributed by atoms with Gasteiger partial charge in [0.05, 0.1) is 31.9 Å². The fourth-order valence-electron chi connectivity index (χ4n) is 2.96. The number of ether oxygens (including phenoxy) is 2. The zero-order valence-electron chi connectivity index (χ0n) is 17.7. The summed E-state index contributed by atoms with van der Waals surface area (Å²) in [6.45, 7) is 3.42. The number of para-hydroxylation sites is 1. The summed E-state index contributed by atoms with van der Waals surface area (Å²) in [5, 5.41) is 4.22. The lowest BCUT2D eigenvalue weighted by atomic mass is 10.1. The Balaban J connectivity index is 2.27. The van der Waals surface area contributed by atoms with Gasteiger partial charge in [0, 0.05) is 5.56 Å². The highest BCUT2D eigenvalue weighted by Gasteiger charge is 2.29. The summed E-state index contributed by atoms with van der Waals surface area (Å²) in [6.07, 6.45) is 1.60. The van der Waals surface area contributed by atoms with E-state index >= 15 is 0 Å². The summed E-state index contributed by atoms with van der Waals surface area (Å²) in [5.41, 5.74) is 4.26. The predicted molar refractivity (Wildman–Crippen MR) is 118 cm³/mol. The molecule has 0 heterocycles. The molecule has 2 aromatic carbocycles. The Morgan fingerprint density at radius 3 is 2.27 bits per heavy atom. The maximum Gasteiger partial charge on any atom is 0.263 e. The molecule has 0 fully saturated rings. The second-order valence-corrected chi connectivity index (χ2v) is 8.39. The van der Waals surface area contributed by atoms with Gasteiger partial charge in [0.15, 0.2) is 11.5 Å². The first-order valence-corrected chi connectivity index (χ1v) is 11.2. The molecule has 8 nitrogen and oxygen atoms in total.